The quantitative estimate of drug-likeness (QED) is 0.545. The normalized spacial score (nSPS) is 18.2. The third-order valence-electron chi connectivity index (χ3n) is 7.21. The number of aromatic hydroxyl groups is 1. The van der Waals surface area contributed by atoms with E-state index >= 15 is 0 Å². The first-order valence-corrected chi connectivity index (χ1v) is 12.4. The second-order valence-corrected chi connectivity index (χ2v) is 9.33. The highest BCUT2D eigenvalue weighted by Gasteiger charge is 2.32. The molecule has 184 valence electrons. The number of esters is 1. The number of fused-ring (bicyclic) bond motifs is 1. The first-order chi connectivity index (χ1) is 17.0. The van der Waals surface area contributed by atoms with Crippen molar-refractivity contribution in [2.75, 3.05) is 37.7 Å². The number of halogens is 1. The molecule has 35 heavy (non-hydrogen) atoms. The number of nitrogens with zero attached hydrogens (tertiary/aromatic N) is 4. The Balaban J connectivity index is 1.33. The average Bonchev–Trinajstić information content (AvgIpc) is 2.89. The molecule has 2 aromatic carbocycles. The SMILES string of the molecule is CCOC(=O)C1CCN(C2CCN(c3nc(-c4ccccc4O)nc4ccc(F)cc34)CC2)CC1. The average molecular weight is 479 g/mol. The number of hydrogen-bond donors (Lipinski definition) is 1. The maximum atomic E-state index is 14.2. The number of hydrogen-bond acceptors (Lipinski definition) is 7. The number of aromatic nitrogens is 2. The van der Waals surface area contributed by atoms with E-state index in [2.05, 4.69) is 14.8 Å². The molecule has 2 aliphatic heterocycles. The van der Waals surface area contributed by atoms with E-state index < -0.39 is 0 Å². The Morgan fingerprint density at radius 2 is 1.80 bits per heavy atom. The first kappa shape index (κ1) is 23.5. The van der Waals surface area contributed by atoms with Crippen molar-refractivity contribution in [2.24, 2.45) is 5.92 Å². The van der Waals surface area contributed by atoms with E-state index in [1.54, 1.807) is 24.3 Å². The van der Waals surface area contributed by atoms with Gasteiger partial charge in [-0.2, -0.15) is 0 Å². The van der Waals surface area contributed by atoms with Crippen molar-refractivity contribution in [3.63, 3.8) is 0 Å². The molecule has 0 radical (unpaired) electrons. The lowest BCUT2D eigenvalue weighted by atomic mass is 9.93. The van der Waals surface area contributed by atoms with Gasteiger partial charge in [-0.25, -0.2) is 14.4 Å². The van der Waals surface area contributed by atoms with Crippen LogP contribution >= 0.6 is 0 Å². The number of phenolic OH excluding ortho intramolecular Hbond substituents is 1. The number of likely N-dealkylation sites (tertiary alicyclic amines) is 1. The molecule has 0 saturated carbocycles. The molecule has 8 heteroatoms. The number of piperidine rings is 2. The topological polar surface area (TPSA) is 78.8 Å². The molecular formula is C27H31FN4O3. The summed E-state index contributed by atoms with van der Waals surface area (Å²) in [5.41, 5.74) is 1.21. The van der Waals surface area contributed by atoms with Crippen molar-refractivity contribution in [3.8, 4) is 17.1 Å². The summed E-state index contributed by atoms with van der Waals surface area (Å²) in [6.07, 6.45) is 3.63. The molecule has 7 nitrogen and oxygen atoms in total. The molecule has 0 amide bonds. The van der Waals surface area contributed by atoms with Gasteiger partial charge in [-0.3, -0.25) is 4.79 Å². The summed E-state index contributed by atoms with van der Waals surface area (Å²) in [5, 5.41) is 11.0. The summed E-state index contributed by atoms with van der Waals surface area (Å²) >= 11 is 0. The van der Waals surface area contributed by atoms with Gasteiger partial charge in [0, 0.05) is 24.5 Å². The van der Waals surface area contributed by atoms with E-state index in [1.807, 2.05) is 13.0 Å². The number of anilines is 1. The van der Waals surface area contributed by atoms with E-state index in [0.29, 0.717) is 40.8 Å². The van der Waals surface area contributed by atoms with E-state index in [-0.39, 0.29) is 23.5 Å². The van der Waals surface area contributed by atoms with Crippen LogP contribution < -0.4 is 4.90 Å². The number of rotatable bonds is 5. The second-order valence-electron chi connectivity index (χ2n) is 9.33. The van der Waals surface area contributed by atoms with Gasteiger partial charge < -0.3 is 19.6 Å². The fraction of sp³-hybridized carbons (Fsp3) is 0.444. The zero-order valence-electron chi connectivity index (χ0n) is 20.0. The van der Waals surface area contributed by atoms with Crippen molar-refractivity contribution in [1.29, 1.82) is 0 Å². The van der Waals surface area contributed by atoms with Crippen LogP contribution in [0.3, 0.4) is 0 Å². The van der Waals surface area contributed by atoms with Crippen LogP contribution in [0, 0.1) is 11.7 Å². The Bertz CT molecular complexity index is 1200. The Kier molecular flexibility index (Phi) is 6.81. The third kappa shape index (κ3) is 4.93. The summed E-state index contributed by atoms with van der Waals surface area (Å²) in [5.74, 6) is 0.876. The molecule has 2 aliphatic rings. The molecule has 1 N–H and O–H groups in total. The van der Waals surface area contributed by atoms with Gasteiger partial charge >= 0.3 is 5.97 Å². The van der Waals surface area contributed by atoms with Gasteiger partial charge in [-0.1, -0.05) is 12.1 Å². The molecule has 0 aliphatic carbocycles. The van der Waals surface area contributed by atoms with E-state index in [4.69, 9.17) is 9.72 Å². The molecule has 3 heterocycles. The summed E-state index contributed by atoms with van der Waals surface area (Å²) in [6, 6.07) is 12.0. The monoisotopic (exact) mass is 478 g/mol. The molecule has 0 atom stereocenters. The maximum absolute atomic E-state index is 14.2. The van der Waals surface area contributed by atoms with Crippen LogP contribution in [0.2, 0.25) is 0 Å². The molecule has 5 rings (SSSR count). The Morgan fingerprint density at radius 1 is 1.06 bits per heavy atom. The number of para-hydroxylation sites is 1. The van der Waals surface area contributed by atoms with Gasteiger partial charge in [0.05, 0.1) is 23.6 Å². The number of ether oxygens (including phenoxy) is 1. The molecule has 0 unspecified atom stereocenters. The number of carbonyl (C=O) groups excluding carboxylic acids is 1. The number of benzene rings is 2. The highest BCUT2D eigenvalue weighted by molar-refractivity contribution is 5.91. The number of phenols is 1. The lowest BCUT2D eigenvalue weighted by molar-refractivity contribution is -0.149. The maximum Gasteiger partial charge on any atom is 0.309 e. The Morgan fingerprint density at radius 3 is 2.51 bits per heavy atom. The van der Waals surface area contributed by atoms with Gasteiger partial charge in [-0.15, -0.1) is 0 Å². The van der Waals surface area contributed by atoms with Gasteiger partial charge in [0.25, 0.3) is 0 Å². The molecule has 0 spiro atoms. The minimum absolute atomic E-state index is 0.0152. The molecule has 3 aromatic rings. The van der Waals surface area contributed by atoms with Crippen LogP contribution in [0.4, 0.5) is 10.2 Å². The molecule has 1 aromatic heterocycles. The second kappa shape index (κ2) is 10.2. The van der Waals surface area contributed by atoms with Crippen LogP contribution in [-0.2, 0) is 9.53 Å². The summed E-state index contributed by atoms with van der Waals surface area (Å²) in [7, 11) is 0. The predicted octanol–water partition coefficient (Wildman–Crippen LogP) is 4.39. The third-order valence-corrected chi connectivity index (χ3v) is 7.21. The van der Waals surface area contributed by atoms with E-state index in [9.17, 15) is 14.3 Å². The van der Waals surface area contributed by atoms with Gasteiger partial charge in [0.1, 0.15) is 17.4 Å². The predicted molar refractivity (Wildman–Crippen MR) is 133 cm³/mol. The molecule has 0 bridgehead atoms. The minimum Gasteiger partial charge on any atom is -0.507 e. The van der Waals surface area contributed by atoms with Crippen molar-refractivity contribution in [2.45, 2.75) is 38.6 Å². The number of carbonyl (C=O) groups is 1. The molecule has 2 fully saturated rings. The van der Waals surface area contributed by atoms with E-state index in [1.165, 1.54) is 12.1 Å². The highest BCUT2D eigenvalue weighted by atomic mass is 19.1. The van der Waals surface area contributed by atoms with E-state index in [0.717, 1.165) is 51.9 Å². The Labute approximate surface area is 204 Å². The zero-order valence-corrected chi connectivity index (χ0v) is 20.0. The summed E-state index contributed by atoms with van der Waals surface area (Å²) in [4.78, 5) is 26.2. The van der Waals surface area contributed by atoms with Crippen molar-refractivity contribution in [1.82, 2.24) is 14.9 Å². The standard InChI is InChI=1S/C27H31FN4O3/c1-2-35-27(34)18-9-13-31(14-10-18)20-11-15-32(16-12-20)26-22-17-19(28)7-8-23(22)29-25(30-26)21-5-3-4-6-24(21)33/h3-8,17-18,20,33H,2,9-16H2,1H3. The van der Waals surface area contributed by atoms with Gasteiger partial charge in [0.2, 0.25) is 0 Å². The van der Waals surface area contributed by atoms with Crippen LogP contribution in [0.5, 0.6) is 5.75 Å². The lowest BCUT2D eigenvalue weighted by Gasteiger charge is -2.41. The Hall–Kier alpha value is -3.26. The fourth-order valence-corrected chi connectivity index (χ4v) is 5.31. The van der Waals surface area contributed by atoms with Crippen LogP contribution in [0.1, 0.15) is 32.6 Å². The van der Waals surface area contributed by atoms with Crippen molar-refractivity contribution >= 4 is 22.7 Å². The van der Waals surface area contributed by atoms with Crippen molar-refractivity contribution < 1.29 is 19.0 Å². The van der Waals surface area contributed by atoms with Crippen LogP contribution in [0.25, 0.3) is 22.3 Å². The smallest absolute Gasteiger partial charge is 0.309 e. The highest BCUT2D eigenvalue weighted by Crippen LogP contribution is 2.34. The fourth-order valence-electron chi connectivity index (χ4n) is 5.31. The van der Waals surface area contributed by atoms with Crippen molar-refractivity contribution in [3.05, 3.63) is 48.3 Å². The van der Waals surface area contributed by atoms with Gasteiger partial charge in [-0.05, 0) is 76.0 Å². The van der Waals surface area contributed by atoms with Crippen LogP contribution in [-0.4, -0.2) is 64.8 Å². The largest absolute Gasteiger partial charge is 0.507 e. The van der Waals surface area contributed by atoms with Crippen LogP contribution in [0.15, 0.2) is 42.5 Å². The van der Waals surface area contributed by atoms with Gasteiger partial charge in [0.15, 0.2) is 5.82 Å². The summed E-state index contributed by atoms with van der Waals surface area (Å²) in [6.45, 7) is 5.70. The lowest BCUT2D eigenvalue weighted by Crippen LogP contribution is -2.48. The molecule has 2 saturated heterocycles. The first-order valence-electron chi connectivity index (χ1n) is 12.4. The molecular weight excluding hydrogens is 447 g/mol. The minimum atomic E-state index is -0.322. The zero-order chi connectivity index (χ0) is 24.4. The summed E-state index contributed by atoms with van der Waals surface area (Å²) < 4.78 is 19.4.